The van der Waals surface area contributed by atoms with Crippen LogP contribution < -0.4 is 0 Å². The molecular weight excluding hydrogens is 278 g/mol. The summed E-state index contributed by atoms with van der Waals surface area (Å²) >= 11 is 0. The van der Waals surface area contributed by atoms with Gasteiger partial charge in [-0.05, 0) is 50.7 Å². The van der Waals surface area contributed by atoms with E-state index in [4.69, 9.17) is 10.1 Å². The van der Waals surface area contributed by atoms with Gasteiger partial charge in [0.2, 0.25) is 0 Å². The first kappa shape index (κ1) is 16.9. The van der Waals surface area contributed by atoms with Crippen LogP contribution in [0.5, 0.6) is 5.75 Å². The third-order valence-corrected chi connectivity index (χ3v) is 4.12. The Bertz CT molecular complexity index is 499. The van der Waals surface area contributed by atoms with E-state index in [2.05, 4.69) is 16.8 Å². The number of nitrogens with one attached hydrogen (secondary N) is 1. The molecule has 1 aliphatic rings. The number of hydrogen-bond donors (Lipinski definition) is 2. The molecule has 2 rings (SSSR count). The number of hydrogen-bond acceptors (Lipinski definition) is 5. The number of phenols is 1. The molecule has 0 bridgehead atoms. The van der Waals surface area contributed by atoms with Crippen molar-refractivity contribution in [1.82, 2.24) is 9.80 Å². The van der Waals surface area contributed by atoms with Crippen LogP contribution in [0.2, 0.25) is 0 Å². The number of phenolic OH excluding ortho intramolecular Hbond substituents is 1. The van der Waals surface area contributed by atoms with Crippen molar-refractivity contribution in [3.63, 3.8) is 0 Å². The molecule has 1 aliphatic heterocycles. The van der Waals surface area contributed by atoms with Crippen LogP contribution in [0.25, 0.3) is 0 Å². The van der Waals surface area contributed by atoms with E-state index in [1.165, 1.54) is 6.21 Å². The minimum atomic E-state index is 0.216. The van der Waals surface area contributed by atoms with Crippen molar-refractivity contribution in [3.8, 4) is 5.75 Å². The Balaban J connectivity index is 1.80. The van der Waals surface area contributed by atoms with Crippen molar-refractivity contribution in [2.75, 3.05) is 46.4 Å². The van der Waals surface area contributed by atoms with Crippen molar-refractivity contribution in [3.05, 3.63) is 28.8 Å². The normalized spacial score (nSPS) is 16.1. The summed E-state index contributed by atoms with van der Waals surface area (Å²) in [6, 6.07) is 3.90. The van der Waals surface area contributed by atoms with Crippen molar-refractivity contribution in [2.45, 2.75) is 19.9 Å². The summed E-state index contributed by atoms with van der Waals surface area (Å²) in [7, 11) is 2.12. The Morgan fingerprint density at radius 3 is 2.77 bits per heavy atom. The van der Waals surface area contributed by atoms with Gasteiger partial charge >= 0.3 is 0 Å². The van der Waals surface area contributed by atoms with E-state index in [1.54, 1.807) is 0 Å². The SMILES string of the molecule is Cc1cc(CN(C)CCCN2CCOCC2)cc(C=N)c1O. The fourth-order valence-electron chi connectivity index (χ4n) is 2.86. The molecule has 0 radical (unpaired) electrons. The summed E-state index contributed by atoms with van der Waals surface area (Å²) in [6.07, 6.45) is 2.36. The predicted octanol–water partition coefficient (Wildman–Crippen LogP) is 1.85. The Morgan fingerprint density at radius 1 is 1.36 bits per heavy atom. The number of rotatable bonds is 7. The third-order valence-electron chi connectivity index (χ3n) is 4.12. The molecule has 1 saturated heterocycles. The third kappa shape index (κ3) is 4.80. The molecule has 0 aromatic heterocycles. The van der Waals surface area contributed by atoms with Crippen LogP contribution in [0.15, 0.2) is 12.1 Å². The van der Waals surface area contributed by atoms with Gasteiger partial charge in [0, 0.05) is 31.4 Å². The van der Waals surface area contributed by atoms with Crippen LogP contribution in [-0.4, -0.2) is 67.6 Å². The maximum atomic E-state index is 9.86. The van der Waals surface area contributed by atoms with Crippen LogP contribution in [0.1, 0.15) is 23.1 Å². The number of ether oxygens (including phenoxy) is 1. The summed E-state index contributed by atoms with van der Waals surface area (Å²) in [4.78, 5) is 4.75. The predicted molar refractivity (Wildman–Crippen MR) is 88.9 cm³/mol. The maximum Gasteiger partial charge on any atom is 0.127 e. The second-order valence-electron chi connectivity index (χ2n) is 6.04. The minimum Gasteiger partial charge on any atom is -0.507 e. The molecule has 1 fully saturated rings. The topological polar surface area (TPSA) is 59.8 Å². The zero-order chi connectivity index (χ0) is 15.9. The average molecular weight is 305 g/mol. The first-order valence-electron chi connectivity index (χ1n) is 7.91. The summed E-state index contributed by atoms with van der Waals surface area (Å²) in [5, 5.41) is 17.2. The fraction of sp³-hybridized carbons (Fsp3) is 0.588. The van der Waals surface area contributed by atoms with E-state index in [9.17, 15) is 5.11 Å². The van der Waals surface area contributed by atoms with Crippen molar-refractivity contribution < 1.29 is 9.84 Å². The molecular formula is C17H27N3O2. The highest BCUT2D eigenvalue weighted by Gasteiger charge is 2.11. The van der Waals surface area contributed by atoms with E-state index < -0.39 is 0 Å². The molecule has 0 aliphatic carbocycles. The molecule has 5 heteroatoms. The molecule has 22 heavy (non-hydrogen) atoms. The zero-order valence-electron chi connectivity index (χ0n) is 13.6. The summed E-state index contributed by atoms with van der Waals surface area (Å²) in [6.45, 7) is 8.68. The van der Waals surface area contributed by atoms with Crippen LogP contribution in [0.3, 0.4) is 0 Å². The number of benzene rings is 1. The van der Waals surface area contributed by atoms with E-state index in [-0.39, 0.29) is 5.75 Å². The second-order valence-corrected chi connectivity index (χ2v) is 6.04. The number of aromatic hydroxyl groups is 1. The molecule has 0 saturated carbocycles. The van der Waals surface area contributed by atoms with E-state index >= 15 is 0 Å². The van der Waals surface area contributed by atoms with Gasteiger partial charge in [-0.15, -0.1) is 0 Å². The van der Waals surface area contributed by atoms with Gasteiger partial charge < -0.3 is 20.2 Å². The van der Waals surface area contributed by atoms with Gasteiger partial charge in [-0.2, -0.15) is 0 Å². The number of nitrogens with zero attached hydrogens (tertiary/aromatic N) is 2. The summed E-state index contributed by atoms with van der Waals surface area (Å²) in [5.74, 6) is 0.216. The maximum absolute atomic E-state index is 9.86. The number of aryl methyl sites for hydroxylation is 1. The molecule has 0 atom stereocenters. The Hall–Kier alpha value is -1.43. The molecule has 2 N–H and O–H groups in total. The lowest BCUT2D eigenvalue weighted by atomic mass is 10.0. The lowest BCUT2D eigenvalue weighted by Gasteiger charge is -2.27. The highest BCUT2D eigenvalue weighted by atomic mass is 16.5. The molecule has 122 valence electrons. The van der Waals surface area contributed by atoms with Crippen LogP contribution in [0.4, 0.5) is 0 Å². The van der Waals surface area contributed by atoms with Crippen LogP contribution in [0, 0.1) is 12.3 Å². The molecule has 1 aromatic rings. The Kier molecular flexibility index (Phi) is 6.36. The van der Waals surface area contributed by atoms with Gasteiger partial charge in [-0.25, -0.2) is 0 Å². The highest BCUT2D eigenvalue weighted by molar-refractivity contribution is 5.82. The lowest BCUT2D eigenvalue weighted by Crippen LogP contribution is -2.37. The lowest BCUT2D eigenvalue weighted by molar-refractivity contribution is 0.0363. The first-order chi connectivity index (χ1) is 10.6. The summed E-state index contributed by atoms with van der Waals surface area (Å²) in [5.41, 5.74) is 2.57. The molecule has 1 heterocycles. The molecule has 1 aromatic carbocycles. The first-order valence-corrected chi connectivity index (χ1v) is 7.91. The number of morpholine rings is 1. The molecule has 5 nitrogen and oxygen atoms in total. The van der Waals surface area contributed by atoms with Crippen molar-refractivity contribution >= 4 is 6.21 Å². The second kappa shape index (κ2) is 8.27. The average Bonchev–Trinajstić information content (AvgIpc) is 2.51. The monoisotopic (exact) mass is 305 g/mol. The van der Waals surface area contributed by atoms with E-state index in [0.717, 1.165) is 63.5 Å². The molecule has 0 amide bonds. The van der Waals surface area contributed by atoms with Gasteiger partial charge in [0.15, 0.2) is 0 Å². The standard InChI is InChI=1S/C17H27N3O2/c1-14-10-15(11-16(12-18)17(14)21)13-19(2)4-3-5-20-6-8-22-9-7-20/h10-12,18,21H,3-9,13H2,1-2H3. The summed E-state index contributed by atoms with van der Waals surface area (Å²) < 4.78 is 5.36. The molecule has 0 spiro atoms. The van der Waals surface area contributed by atoms with E-state index in [1.807, 2.05) is 19.1 Å². The zero-order valence-corrected chi connectivity index (χ0v) is 13.6. The van der Waals surface area contributed by atoms with Gasteiger partial charge in [-0.1, -0.05) is 6.07 Å². The highest BCUT2D eigenvalue weighted by Crippen LogP contribution is 2.23. The Morgan fingerprint density at radius 2 is 2.09 bits per heavy atom. The largest absolute Gasteiger partial charge is 0.507 e. The van der Waals surface area contributed by atoms with Crippen LogP contribution in [-0.2, 0) is 11.3 Å². The quantitative estimate of drug-likeness (QED) is 0.755. The Labute approximate surface area is 133 Å². The fourth-order valence-corrected chi connectivity index (χ4v) is 2.86. The van der Waals surface area contributed by atoms with Crippen LogP contribution >= 0.6 is 0 Å². The molecule has 0 unspecified atom stereocenters. The van der Waals surface area contributed by atoms with Crippen molar-refractivity contribution in [2.24, 2.45) is 0 Å². The van der Waals surface area contributed by atoms with Gasteiger partial charge in [0.25, 0.3) is 0 Å². The van der Waals surface area contributed by atoms with E-state index in [0.29, 0.717) is 5.56 Å². The van der Waals surface area contributed by atoms with Crippen molar-refractivity contribution in [1.29, 1.82) is 5.41 Å². The van der Waals surface area contributed by atoms with Gasteiger partial charge in [0.05, 0.1) is 13.2 Å². The minimum absolute atomic E-state index is 0.216. The smallest absolute Gasteiger partial charge is 0.127 e. The van der Waals surface area contributed by atoms with Gasteiger partial charge in [0.1, 0.15) is 5.75 Å². The van der Waals surface area contributed by atoms with Gasteiger partial charge in [-0.3, -0.25) is 4.90 Å².